The largest absolute Gasteiger partial charge is 0.325 e. The molecule has 1 aromatic carbocycles. The highest BCUT2D eigenvalue weighted by atomic mass is 32.2. The Balaban J connectivity index is 1.78. The molecule has 3 rings (SSSR count). The highest BCUT2D eigenvalue weighted by molar-refractivity contribution is 8.00. The zero-order chi connectivity index (χ0) is 18.0. The monoisotopic (exact) mass is 353 g/mol. The first-order valence-electron chi connectivity index (χ1n) is 8.46. The van der Waals surface area contributed by atoms with Gasteiger partial charge in [0.2, 0.25) is 5.91 Å². The van der Waals surface area contributed by atoms with Gasteiger partial charge in [0.25, 0.3) is 0 Å². The van der Waals surface area contributed by atoms with Gasteiger partial charge in [0.15, 0.2) is 5.16 Å². The van der Waals surface area contributed by atoms with Crippen molar-refractivity contribution in [2.45, 2.75) is 44.0 Å². The van der Waals surface area contributed by atoms with E-state index in [0.29, 0.717) is 5.92 Å². The topological polar surface area (TPSA) is 46.4 Å². The number of hydrogen-bond acceptors (Lipinski definition) is 3. The molecule has 4 nitrogen and oxygen atoms in total. The molecule has 3 aromatic rings. The Morgan fingerprint density at radius 1 is 1.16 bits per heavy atom. The zero-order valence-electron chi connectivity index (χ0n) is 15.0. The minimum absolute atomic E-state index is 0.00567. The van der Waals surface area contributed by atoms with E-state index in [1.165, 1.54) is 11.8 Å². The van der Waals surface area contributed by atoms with Crippen LogP contribution in [0.3, 0.4) is 0 Å². The number of nitrogens with one attached hydrogen (secondary N) is 1. The van der Waals surface area contributed by atoms with Crippen LogP contribution in [0.15, 0.2) is 53.9 Å². The van der Waals surface area contributed by atoms with Crippen LogP contribution >= 0.6 is 11.8 Å². The van der Waals surface area contributed by atoms with E-state index in [9.17, 15) is 4.79 Å². The fourth-order valence-electron chi connectivity index (χ4n) is 2.79. The number of thioether (sulfide) groups is 1. The number of fused-ring (bicyclic) bond motifs is 1. The summed E-state index contributed by atoms with van der Waals surface area (Å²) in [6.45, 7) is 8.22. The molecule has 0 radical (unpaired) electrons. The van der Waals surface area contributed by atoms with E-state index in [2.05, 4.69) is 30.2 Å². The molecule has 2 heterocycles. The van der Waals surface area contributed by atoms with Crippen LogP contribution in [0.5, 0.6) is 0 Å². The van der Waals surface area contributed by atoms with Gasteiger partial charge < -0.3 is 5.32 Å². The van der Waals surface area contributed by atoms with E-state index in [4.69, 9.17) is 0 Å². The minimum atomic E-state index is -0.245. The van der Waals surface area contributed by atoms with E-state index in [-0.39, 0.29) is 11.2 Å². The quantitative estimate of drug-likeness (QED) is 0.665. The summed E-state index contributed by atoms with van der Waals surface area (Å²) >= 11 is 1.47. The van der Waals surface area contributed by atoms with Gasteiger partial charge in [-0.2, -0.15) is 0 Å². The van der Waals surface area contributed by atoms with Crippen molar-refractivity contribution in [3.63, 3.8) is 0 Å². The van der Waals surface area contributed by atoms with Crippen molar-refractivity contribution in [1.29, 1.82) is 0 Å². The van der Waals surface area contributed by atoms with Crippen molar-refractivity contribution in [2.24, 2.45) is 0 Å². The fourth-order valence-corrected chi connectivity index (χ4v) is 3.66. The first-order chi connectivity index (χ1) is 12.0. The van der Waals surface area contributed by atoms with Gasteiger partial charge >= 0.3 is 0 Å². The van der Waals surface area contributed by atoms with E-state index >= 15 is 0 Å². The minimum Gasteiger partial charge on any atom is -0.325 e. The smallest absolute Gasteiger partial charge is 0.237 e. The number of rotatable bonds is 5. The number of carbonyl (C=O) groups excluding carboxylic acids is 1. The van der Waals surface area contributed by atoms with Crippen molar-refractivity contribution in [3.05, 3.63) is 59.9 Å². The lowest BCUT2D eigenvalue weighted by molar-refractivity contribution is -0.115. The van der Waals surface area contributed by atoms with Crippen LogP contribution in [-0.4, -0.2) is 20.5 Å². The molecule has 0 saturated carbocycles. The van der Waals surface area contributed by atoms with Crippen LogP contribution in [0.1, 0.15) is 37.8 Å². The number of imidazole rings is 1. The Morgan fingerprint density at radius 3 is 2.72 bits per heavy atom. The molecule has 1 N–H and O–H groups in total. The maximum absolute atomic E-state index is 12.7. The van der Waals surface area contributed by atoms with Gasteiger partial charge in [-0.15, -0.1) is 0 Å². The average molecular weight is 353 g/mol. The molecule has 2 aromatic heterocycles. The van der Waals surface area contributed by atoms with Gasteiger partial charge in [0, 0.05) is 11.9 Å². The van der Waals surface area contributed by atoms with Gasteiger partial charge in [-0.25, -0.2) is 4.98 Å². The molecule has 0 aliphatic carbocycles. The van der Waals surface area contributed by atoms with E-state index < -0.39 is 0 Å². The van der Waals surface area contributed by atoms with Crippen LogP contribution < -0.4 is 5.32 Å². The third-order valence-corrected chi connectivity index (χ3v) is 5.31. The van der Waals surface area contributed by atoms with Gasteiger partial charge in [0.05, 0.1) is 17.0 Å². The van der Waals surface area contributed by atoms with Crippen molar-refractivity contribution in [1.82, 2.24) is 9.38 Å². The highest BCUT2D eigenvalue weighted by Gasteiger charge is 2.19. The SMILES string of the molecule is Cc1cccc(C(C)C)c1NC(=O)C(C)Sc1ncc2ccccn12. The molecule has 0 fully saturated rings. The Labute approximate surface area is 152 Å². The number of carbonyl (C=O) groups is 1. The number of pyridine rings is 1. The Hall–Kier alpha value is -2.27. The Kier molecular flexibility index (Phi) is 5.13. The molecular formula is C20H23N3OS. The summed E-state index contributed by atoms with van der Waals surface area (Å²) < 4.78 is 2.00. The number of anilines is 1. The first kappa shape index (κ1) is 17.5. The number of amides is 1. The van der Waals surface area contributed by atoms with Crippen LogP contribution in [0.4, 0.5) is 5.69 Å². The number of aryl methyl sites for hydroxylation is 1. The first-order valence-corrected chi connectivity index (χ1v) is 9.34. The average Bonchev–Trinajstić information content (AvgIpc) is 2.99. The molecule has 0 aliphatic rings. The molecular weight excluding hydrogens is 330 g/mol. The van der Waals surface area contributed by atoms with E-state index in [1.807, 2.05) is 61.0 Å². The Bertz CT molecular complexity index is 901. The maximum Gasteiger partial charge on any atom is 0.237 e. The van der Waals surface area contributed by atoms with E-state index in [1.54, 1.807) is 0 Å². The molecule has 5 heteroatoms. The zero-order valence-corrected chi connectivity index (χ0v) is 15.8. The summed E-state index contributed by atoms with van der Waals surface area (Å²) in [6.07, 6.45) is 3.79. The highest BCUT2D eigenvalue weighted by Crippen LogP contribution is 2.29. The van der Waals surface area contributed by atoms with Crippen LogP contribution in [0, 0.1) is 6.92 Å². The second-order valence-electron chi connectivity index (χ2n) is 6.48. The van der Waals surface area contributed by atoms with Gasteiger partial charge in [-0.3, -0.25) is 9.20 Å². The lowest BCUT2D eigenvalue weighted by Gasteiger charge is -2.18. The number of nitrogens with zero attached hydrogens (tertiary/aromatic N) is 2. The molecule has 0 bridgehead atoms. The summed E-state index contributed by atoms with van der Waals surface area (Å²) in [5.74, 6) is 0.350. The van der Waals surface area contributed by atoms with Gasteiger partial charge in [-0.1, -0.05) is 49.9 Å². The summed E-state index contributed by atoms with van der Waals surface area (Å²) in [4.78, 5) is 17.2. The van der Waals surface area contributed by atoms with Crippen LogP contribution in [0.2, 0.25) is 0 Å². The lowest BCUT2D eigenvalue weighted by atomic mass is 9.98. The molecule has 130 valence electrons. The number of aromatic nitrogens is 2. The molecule has 0 spiro atoms. The van der Waals surface area contributed by atoms with Crippen molar-refractivity contribution < 1.29 is 4.79 Å². The normalized spacial score (nSPS) is 12.5. The predicted molar refractivity (Wildman–Crippen MR) is 104 cm³/mol. The van der Waals surface area contributed by atoms with Crippen LogP contribution in [-0.2, 0) is 4.79 Å². The molecule has 1 atom stereocenters. The van der Waals surface area contributed by atoms with E-state index in [0.717, 1.165) is 27.5 Å². The van der Waals surface area contributed by atoms with Gasteiger partial charge in [0.1, 0.15) is 0 Å². The van der Waals surface area contributed by atoms with Crippen molar-refractivity contribution >= 4 is 28.9 Å². The lowest BCUT2D eigenvalue weighted by Crippen LogP contribution is -2.24. The van der Waals surface area contributed by atoms with Crippen molar-refractivity contribution in [2.75, 3.05) is 5.32 Å². The second kappa shape index (κ2) is 7.31. The number of hydrogen-bond donors (Lipinski definition) is 1. The maximum atomic E-state index is 12.7. The molecule has 0 aliphatic heterocycles. The third kappa shape index (κ3) is 3.71. The standard InChI is InChI=1S/C20H23N3OS/c1-13(2)17-10-7-8-14(3)18(17)22-19(24)15(4)25-20-21-12-16-9-5-6-11-23(16)20/h5-13,15H,1-4H3,(H,22,24). The number of para-hydroxylation sites is 1. The number of benzene rings is 1. The summed E-state index contributed by atoms with van der Waals surface area (Å²) in [6, 6.07) is 12.1. The fraction of sp³-hybridized carbons (Fsp3) is 0.300. The Morgan fingerprint density at radius 2 is 1.96 bits per heavy atom. The second-order valence-corrected chi connectivity index (χ2v) is 7.79. The predicted octanol–water partition coefficient (Wildman–Crippen LogP) is 4.89. The van der Waals surface area contributed by atoms with Gasteiger partial charge in [-0.05, 0) is 43.0 Å². The molecule has 1 amide bonds. The molecule has 0 saturated heterocycles. The van der Waals surface area contributed by atoms with Crippen molar-refractivity contribution in [3.8, 4) is 0 Å². The molecule has 1 unspecified atom stereocenters. The summed E-state index contributed by atoms with van der Waals surface area (Å²) in [7, 11) is 0. The van der Waals surface area contributed by atoms with Crippen LogP contribution in [0.25, 0.3) is 5.52 Å². The third-order valence-electron chi connectivity index (χ3n) is 4.23. The summed E-state index contributed by atoms with van der Waals surface area (Å²) in [5, 5.41) is 3.70. The summed E-state index contributed by atoms with van der Waals surface area (Å²) in [5.41, 5.74) is 4.21. The molecule has 25 heavy (non-hydrogen) atoms.